The molecule has 3 aromatic rings. The Morgan fingerprint density at radius 1 is 1.23 bits per heavy atom. The third-order valence-electron chi connectivity index (χ3n) is 4.73. The van der Waals surface area contributed by atoms with E-state index < -0.39 is 0 Å². The van der Waals surface area contributed by atoms with Crippen molar-refractivity contribution < 1.29 is 18.8 Å². The van der Waals surface area contributed by atoms with E-state index in [0.717, 1.165) is 16.8 Å². The van der Waals surface area contributed by atoms with E-state index in [4.69, 9.17) is 9.26 Å². The minimum atomic E-state index is -0.272. The third kappa shape index (κ3) is 2.48. The summed E-state index contributed by atoms with van der Waals surface area (Å²) in [6.45, 7) is 2.10. The number of rotatable bonds is 3. The van der Waals surface area contributed by atoms with Gasteiger partial charge in [0.05, 0.1) is 24.5 Å². The average Bonchev–Trinajstić information content (AvgIpc) is 3.10. The van der Waals surface area contributed by atoms with Crippen LogP contribution in [0.5, 0.6) is 5.75 Å². The van der Waals surface area contributed by atoms with Gasteiger partial charge in [0.1, 0.15) is 11.8 Å². The van der Waals surface area contributed by atoms with Crippen LogP contribution in [-0.2, 0) is 0 Å². The maximum Gasteiger partial charge on any atom is 0.339 e. The highest BCUT2D eigenvalue weighted by Gasteiger charge is 2.40. The van der Waals surface area contributed by atoms with Gasteiger partial charge in [-0.3, -0.25) is 14.6 Å². The Labute approximate surface area is 150 Å². The molecule has 1 aliphatic rings. The molecule has 4 rings (SSSR count). The van der Waals surface area contributed by atoms with Crippen molar-refractivity contribution in [2.75, 3.05) is 24.5 Å². The van der Waals surface area contributed by atoms with Crippen molar-refractivity contribution in [2.45, 2.75) is 13.0 Å². The van der Waals surface area contributed by atoms with Crippen LogP contribution in [0.1, 0.15) is 28.9 Å². The molecule has 0 spiro atoms. The van der Waals surface area contributed by atoms with E-state index in [9.17, 15) is 4.79 Å². The van der Waals surface area contributed by atoms with E-state index in [1.165, 1.54) is 0 Å². The molecule has 1 amide bonds. The first-order valence-corrected chi connectivity index (χ1v) is 8.30. The number of carbonyl (C=O) groups is 1. The highest BCUT2D eigenvalue weighted by molar-refractivity contribution is 6.04. The van der Waals surface area contributed by atoms with Crippen molar-refractivity contribution in [2.24, 2.45) is 0 Å². The molecule has 1 N–H and O–H groups in total. The lowest BCUT2D eigenvalue weighted by molar-refractivity contribution is -0.752. The molecule has 7 heteroatoms. The summed E-state index contributed by atoms with van der Waals surface area (Å²) in [5, 5.41) is 8.88. The maximum atomic E-state index is 12.6. The predicted octanol–water partition coefficient (Wildman–Crippen LogP) is 2.53. The maximum absolute atomic E-state index is 12.6. The Hall–Kier alpha value is -3.35. The number of amides is 1. The van der Waals surface area contributed by atoms with Gasteiger partial charge in [-0.15, -0.1) is 5.01 Å². The lowest BCUT2D eigenvalue weighted by atomic mass is 9.97. The smallest absolute Gasteiger partial charge is 0.339 e. The minimum absolute atomic E-state index is 0.138. The molecule has 1 aliphatic heterocycles. The van der Waals surface area contributed by atoms with Crippen LogP contribution in [0, 0.1) is 0 Å². The van der Waals surface area contributed by atoms with Crippen molar-refractivity contribution in [3.63, 3.8) is 0 Å². The van der Waals surface area contributed by atoms with Crippen molar-refractivity contribution in [1.82, 2.24) is 5.27 Å². The summed E-state index contributed by atoms with van der Waals surface area (Å²) < 4.78 is 10.6. The molecule has 1 unspecified atom stereocenters. The van der Waals surface area contributed by atoms with E-state index in [-0.39, 0.29) is 11.9 Å². The van der Waals surface area contributed by atoms with Crippen LogP contribution < -0.4 is 19.9 Å². The number of aromatic nitrogens is 2. The van der Waals surface area contributed by atoms with Gasteiger partial charge in [-0.1, -0.05) is 18.2 Å². The number of hydrogen-bond acceptors (Lipinski definition) is 5. The van der Waals surface area contributed by atoms with Crippen molar-refractivity contribution in [3.8, 4) is 17.0 Å². The van der Waals surface area contributed by atoms with Crippen LogP contribution in [0.25, 0.3) is 11.3 Å². The van der Waals surface area contributed by atoms with Crippen LogP contribution >= 0.6 is 0 Å². The summed E-state index contributed by atoms with van der Waals surface area (Å²) >= 11 is 0. The third-order valence-corrected chi connectivity index (χ3v) is 4.73. The summed E-state index contributed by atoms with van der Waals surface area (Å²) in [7, 11) is 3.52. The van der Waals surface area contributed by atoms with Crippen LogP contribution in [0.3, 0.4) is 0 Å². The Morgan fingerprint density at radius 2 is 1.96 bits per heavy atom. The predicted molar refractivity (Wildman–Crippen MR) is 95.6 cm³/mol. The first kappa shape index (κ1) is 16.1. The molecule has 0 radical (unpaired) electrons. The zero-order chi connectivity index (χ0) is 18.3. The van der Waals surface area contributed by atoms with E-state index in [0.29, 0.717) is 17.2 Å². The van der Waals surface area contributed by atoms with Gasteiger partial charge in [-0.05, 0) is 42.8 Å². The molecular formula is C19H19N4O3+. The Morgan fingerprint density at radius 3 is 2.69 bits per heavy atom. The van der Waals surface area contributed by atoms with E-state index >= 15 is 0 Å². The van der Waals surface area contributed by atoms with Crippen LogP contribution in [-0.4, -0.2) is 25.3 Å². The second-order valence-electron chi connectivity index (χ2n) is 6.16. The summed E-state index contributed by atoms with van der Waals surface area (Å²) in [6, 6.07) is 15.1. The Bertz CT molecular complexity index is 965. The Kier molecular flexibility index (Phi) is 3.84. The first-order valence-electron chi connectivity index (χ1n) is 8.30. The van der Waals surface area contributed by atoms with Gasteiger partial charge in [0, 0.05) is 5.56 Å². The van der Waals surface area contributed by atoms with Crippen LogP contribution in [0.15, 0.2) is 53.1 Å². The quantitative estimate of drug-likeness (QED) is 0.734. The van der Waals surface area contributed by atoms with Gasteiger partial charge in [0.25, 0.3) is 5.91 Å². The second-order valence-corrected chi connectivity index (χ2v) is 6.16. The zero-order valence-corrected chi connectivity index (χ0v) is 14.8. The molecule has 0 bridgehead atoms. The lowest BCUT2D eigenvalue weighted by Gasteiger charge is -2.24. The number of nitrogens with zero attached hydrogens (tertiary/aromatic N) is 3. The monoisotopic (exact) mass is 351 g/mol. The number of nitrogens with one attached hydrogen (secondary N) is 1. The summed E-state index contributed by atoms with van der Waals surface area (Å²) in [5.74, 6) is 0.738. The number of carbonyl (C=O) groups excluding carboxylic acids is 1. The molecule has 1 atom stereocenters. The number of anilines is 1. The Balaban J connectivity index is 1.70. The minimum Gasteiger partial charge on any atom is -0.497 e. The van der Waals surface area contributed by atoms with E-state index in [2.05, 4.69) is 23.6 Å². The topological polar surface area (TPSA) is 71.5 Å². The lowest BCUT2D eigenvalue weighted by Crippen LogP contribution is -2.60. The van der Waals surface area contributed by atoms with Crippen LogP contribution in [0.2, 0.25) is 0 Å². The first-order chi connectivity index (χ1) is 12.6. The number of ether oxygens (including phenoxy) is 1. The van der Waals surface area contributed by atoms with Crippen molar-refractivity contribution in [3.05, 3.63) is 59.7 Å². The van der Waals surface area contributed by atoms with Gasteiger partial charge in [0.15, 0.2) is 0 Å². The standard InChI is InChI=1S/C19H18N4O3/c1-12-15-6-4-5-7-16(15)17-19(26-21-23(17)22(12)2)20-18(24)13-8-10-14(25-3)11-9-13/h4-12H,1-3H3/p+1. The van der Waals surface area contributed by atoms with E-state index in [1.54, 1.807) is 36.2 Å². The highest BCUT2D eigenvalue weighted by atomic mass is 16.5. The molecule has 7 nitrogen and oxygen atoms in total. The van der Waals surface area contributed by atoms with Gasteiger partial charge in [-0.25, -0.2) is 0 Å². The zero-order valence-electron chi connectivity index (χ0n) is 14.8. The molecule has 0 saturated heterocycles. The average molecular weight is 351 g/mol. The molecule has 26 heavy (non-hydrogen) atoms. The SMILES string of the molecule is COc1ccc(C(=O)Nc2on[n+]3c2-c2ccccc2C(C)N3C)cc1. The molecule has 132 valence electrons. The second kappa shape index (κ2) is 6.18. The summed E-state index contributed by atoms with van der Waals surface area (Å²) in [5.41, 5.74) is 3.37. The number of fused-ring (bicyclic) bond motifs is 3. The van der Waals surface area contributed by atoms with E-state index in [1.807, 2.05) is 30.3 Å². The van der Waals surface area contributed by atoms with Gasteiger partial charge in [0.2, 0.25) is 5.27 Å². The fourth-order valence-electron chi connectivity index (χ4n) is 3.14. The van der Waals surface area contributed by atoms with Gasteiger partial charge in [-0.2, -0.15) is 0 Å². The number of methoxy groups -OCH3 is 1. The summed E-state index contributed by atoms with van der Waals surface area (Å²) in [4.78, 5) is 14.3. The molecule has 2 aromatic carbocycles. The molecule has 1 aromatic heterocycles. The number of benzene rings is 2. The van der Waals surface area contributed by atoms with Crippen LogP contribution in [0.4, 0.5) is 5.88 Å². The fraction of sp³-hybridized carbons (Fsp3) is 0.211. The summed E-state index contributed by atoms with van der Waals surface area (Å²) in [6.07, 6.45) is 0. The highest BCUT2D eigenvalue weighted by Crippen LogP contribution is 2.35. The normalized spacial score (nSPS) is 15.2. The van der Waals surface area contributed by atoms with Crippen molar-refractivity contribution in [1.29, 1.82) is 0 Å². The molecule has 0 aliphatic carbocycles. The largest absolute Gasteiger partial charge is 0.497 e. The molecular weight excluding hydrogens is 332 g/mol. The van der Waals surface area contributed by atoms with Gasteiger partial charge >= 0.3 is 11.6 Å². The molecule has 2 heterocycles. The van der Waals surface area contributed by atoms with Crippen molar-refractivity contribution >= 4 is 11.8 Å². The number of hydrogen-bond donors (Lipinski definition) is 1. The fourth-order valence-corrected chi connectivity index (χ4v) is 3.14. The molecule has 0 fully saturated rings. The molecule has 0 saturated carbocycles. The van der Waals surface area contributed by atoms with Gasteiger partial charge < -0.3 is 4.74 Å².